The van der Waals surface area contributed by atoms with Crippen molar-refractivity contribution in [3.8, 4) is 0 Å². The average Bonchev–Trinajstić information content (AvgIpc) is 2.16. The molecule has 0 aliphatic carbocycles. The molecule has 0 aliphatic heterocycles. The summed E-state index contributed by atoms with van der Waals surface area (Å²) in [6, 6.07) is 0. The van der Waals surface area contributed by atoms with Gasteiger partial charge in [-0.15, -0.1) is 0 Å². The SMILES string of the molecule is C/C=C\C(CCC)C(O)C(C)(C)C(=O)O. The Balaban J connectivity index is 4.75. The van der Waals surface area contributed by atoms with E-state index in [0.29, 0.717) is 0 Å². The predicted molar refractivity (Wildman–Crippen MR) is 60.6 cm³/mol. The number of aliphatic hydroxyl groups is 1. The van der Waals surface area contributed by atoms with Crippen LogP contribution >= 0.6 is 0 Å². The average molecular weight is 214 g/mol. The zero-order valence-electron chi connectivity index (χ0n) is 10.0. The molecule has 3 nitrogen and oxygen atoms in total. The summed E-state index contributed by atoms with van der Waals surface area (Å²) in [6.45, 7) is 7.03. The summed E-state index contributed by atoms with van der Waals surface area (Å²) < 4.78 is 0. The zero-order chi connectivity index (χ0) is 12.1. The number of hydrogen-bond acceptors (Lipinski definition) is 2. The molecular weight excluding hydrogens is 192 g/mol. The van der Waals surface area contributed by atoms with E-state index in [1.54, 1.807) is 13.8 Å². The van der Waals surface area contributed by atoms with Crippen LogP contribution in [0.1, 0.15) is 40.5 Å². The molecule has 0 heterocycles. The van der Waals surface area contributed by atoms with Gasteiger partial charge in [-0.2, -0.15) is 0 Å². The van der Waals surface area contributed by atoms with Gasteiger partial charge < -0.3 is 10.2 Å². The maximum Gasteiger partial charge on any atom is 0.311 e. The summed E-state index contributed by atoms with van der Waals surface area (Å²) in [5.74, 6) is -1.04. The van der Waals surface area contributed by atoms with Crippen LogP contribution in [0, 0.1) is 11.3 Å². The molecule has 0 aliphatic rings. The minimum atomic E-state index is -1.10. The van der Waals surface area contributed by atoms with Gasteiger partial charge >= 0.3 is 5.97 Å². The topological polar surface area (TPSA) is 57.5 Å². The summed E-state index contributed by atoms with van der Waals surface area (Å²) in [4.78, 5) is 11.0. The minimum absolute atomic E-state index is 0.0777. The third-order valence-electron chi connectivity index (χ3n) is 2.76. The minimum Gasteiger partial charge on any atom is -0.481 e. The van der Waals surface area contributed by atoms with Gasteiger partial charge in [0.1, 0.15) is 0 Å². The number of carboxylic acid groups (broad SMARTS) is 1. The van der Waals surface area contributed by atoms with E-state index in [-0.39, 0.29) is 5.92 Å². The van der Waals surface area contributed by atoms with Crippen LogP contribution in [0.15, 0.2) is 12.2 Å². The number of carbonyl (C=O) groups is 1. The fraction of sp³-hybridized carbons (Fsp3) is 0.750. The molecule has 88 valence electrons. The Morgan fingerprint density at radius 1 is 1.47 bits per heavy atom. The largest absolute Gasteiger partial charge is 0.481 e. The standard InChI is InChI=1S/C12H22O3/c1-5-7-9(8-6-2)10(13)12(3,4)11(14)15/h5,7,9-10,13H,6,8H2,1-4H3,(H,14,15)/b7-5-. The first-order valence-electron chi connectivity index (χ1n) is 5.42. The van der Waals surface area contributed by atoms with Crippen molar-refractivity contribution in [1.29, 1.82) is 0 Å². The third kappa shape index (κ3) is 3.67. The number of hydrogen-bond donors (Lipinski definition) is 2. The summed E-state index contributed by atoms with van der Waals surface area (Å²) in [7, 11) is 0. The second-order valence-corrected chi connectivity index (χ2v) is 4.45. The number of aliphatic hydroxyl groups excluding tert-OH is 1. The maximum atomic E-state index is 11.0. The van der Waals surface area contributed by atoms with Crippen LogP contribution in [0.5, 0.6) is 0 Å². The monoisotopic (exact) mass is 214 g/mol. The summed E-state index contributed by atoms with van der Waals surface area (Å²) >= 11 is 0. The lowest BCUT2D eigenvalue weighted by Crippen LogP contribution is -2.41. The zero-order valence-corrected chi connectivity index (χ0v) is 10.0. The quantitative estimate of drug-likeness (QED) is 0.668. The molecule has 0 fully saturated rings. The second-order valence-electron chi connectivity index (χ2n) is 4.45. The summed E-state index contributed by atoms with van der Waals surface area (Å²) in [6.07, 6.45) is 4.65. The van der Waals surface area contributed by atoms with E-state index in [1.807, 2.05) is 26.0 Å². The van der Waals surface area contributed by atoms with Crippen molar-refractivity contribution < 1.29 is 15.0 Å². The van der Waals surface area contributed by atoms with Gasteiger partial charge in [-0.05, 0) is 27.2 Å². The molecule has 3 heteroatoms. The van der Waals surface area contributed by atoms with E-state index < -0.39 is 17.5 Å². The molecule has 0 spiro atoms. The number of aliphatic carboxylic acids is 1. The van der Waals surface area contributed by atoms with E-state index in [4.69, 9.17) is 5.11 Å². The lowest BCUT2D eigenvalue weighted by molar-refractivity contribution is -0.155. The van der Waals surface area contributed by atoms with Gasteiger partial charge in [0, 0.05) is 5.92 Å². The van der Waals surface area contributed by atoms with Gasteiger partial charge in [0.05, 0.1) is 11.5 Å². The molecule has 15 heavy (non-hydrogen) atoms. The predicted octanol–water partition coefficient (Wildman–Crippen LogP) is 2.45. The van der Waals surface area contributed by atoms with Crippen molar-refractivity contribution in [3.05, 3.63) is 12.2 Å². The lowest BCUT2D eigenvalue weighted by atomic mass is 9.78. The fourth-order valence-corrected chi connectivity index (χ4v) is 1.60. The molecule has 0 saturated carbocycles. The molecule has 2 N–H and O–H groups in total. The van der Waals surface area contributed by atoms with Crippen LogP contribution in [0.4, 0.5) is 0 Å². The van der Waals surface area contributed by atoms with E-state index >= 15 is 0 Å². The maximum absolute atomic E-state index is 11.0. The third-order valence-corrected chi connectivity index (χ3v) is 2.76. The van der Waals surface area contributed by atoms with Gasteiger partial charge in [-0.3, -0.25) is 4.79 Å². The molecule has 0 bridgehead atoms. The summed E-state index contributed by atoms with van der Waals surface area (Å²) in [5.41, 5.74) is -1.10. The van der Waals surface area contributed by atoms with Crippen molar-refractivity contribution in [3.63, 3.8) is 0 Å². The van der Waals surface area contributed by atoms with E-state index in [9.17, 15) is 9.90 Å². The van der Waals surface area contributed by atoms with Crippen molar-refractivity contribution in [2.45, 2.75) is 46.6 Å². The van der Waals surface area contributed by atoms with E-state index in [2.05, 4.69) is 0 Å². The van der Waals surface area contributed by atoms with Crippen LogP contribution in [-0.2, 0) is 4.79 Å². The van der Waals surface area contributed by atoms with E-state index in [0.717, 1.165) is 12.8 Å². The second kappa shape index (κ2) is 5.91. The first kappa shape index (κ1) is 14.2. The Morgan fingerprint density at radius 3 is 2.33 bits per heavy atom. The van der Waals surface area contributed by atoms with Crippen molar-refractivity contribution in [2.75, 3.05) is 0 Å². The highest BCUT2D eigenvalue weighted by Crippen LogP contribution is 2.29. The number of carboxylic acids is 1. The molecule has 0 aromatic heterocycles. The highest BCUT2D eigenvalue weighted by Gasteiger charge is 2.39. The van der Waals surface area contributed by atoms with Crippen LogP contribution < -0.4 is 0 Å². The van der Waals surface area contributed by atoms with Gasteiger partial charge in [-0.1, -0.05) is 25.5 Å². The molecule has 0 saturated heterocycles. The van der Waals surface area contributed by atoms with Crippen molar-refractivity contribution in [2.24, 2.45) is 11.3 Å². The summed E-state index contributed by atoms with van der Waals surface area (Å²) in [5, 5.41) is 19.1. The molecule has 0 aromatic carbocycles. The first-order valence-corrected chi connectivity index (χ1v) is 5.42. The fourth-order valence-electron chi connectivity index (χ4n) is 1.60. The van der Waals surface area contributed by atoms with Crippen LogP contribution in [0.25, 0.3) is 0 Å². The number of rotatable bonds is 6. The van der Waals surface area contributed by atoms with Crippen LogP contribution in [0.3, 0.4) is 0 Å². The van der Waals surface area contributed by atoms with Gasteiger partial charge in [-0.25, -0.2) is 0 Å². The Hall–Kier alpha value is -0.830. The van der Waals surface area contributed by atoms with E-state index in [1.165, 1.54) is 0 Å². The highest BCUT2D eigenvalue weighted by molar-refractivity contribution is 5.74. The molecule has 0 radical (unpaired) electrons. The van der Waals surface area contributed by atoms with Crippen molar-refractivity contribution >= 4 is 5.97 Å². The normalized spacial score (nSPS) is 16.6. The Kier molecular flexibility index (Phi) is 5.58. The van der Waals surface area contributed by atoms with Gasteiger partial charge in [0.25, 0.3) is 0 Å². The molecular formula is C12H22O3. The van der Waals surface area contributed by atoms with Crippen LogP contribution in [-0.4, -0.2) is 22.3 Å². The molecule has 2 unspecified atom stereocenters. The Bertz CT molecular complexity index is 231. The van der Waals surface area contributed by atoms with Gasteiger partial charge in [0.15, 0.2) is 0 Å². The van der Waals surface area contributed by atoms with Crippen molar-refractivity contribution in [1.82, 2.24) is 0 Å². The lowest BCUT2D eigenvalue weighted by Gasteiger charge is -2.31. The Labute approximate surface area is 91.8 Å². The molecule has 0 amide bonds. The smallest absolute Gasteiger partial charge is 0.311 e. The van der Waals surface area contributed by atoms with Crippen LogP contribution in [0.2, 0.25) is 0 Å². The van der Waals surface area contributed by atoms with Gasteiger partial charge in [0.2, 0.25) is 0 Å². The molecule has 0 rings (SSSR count). The molecule has 2 atom stereocenters. The highest BCUT2D eigenvalue weighted by atomic mass is 16.4. The first-order chi connectivity index (χ1) is 6.87. The Morgan fingerprint density at radius 2 is 2.00 bits per heavy atom. The molecule has 0 aromatic rings. The number of allylic oxidation sites excluding steroid dienone is 1.